The normalized spacial score (nSPS) is 11.2. The van der Waals surface area contributed by atoms with Gasteiger partial charge in [0.15, 0.2) is 5.78 Å². The van der Waals surface area contributed by atoms with Crippen molar-refractivity contribution in [3.8, 4) is 0 Å². The van der Waals surface area contributed by atoms with Crippen molar-refractivity contribution in [2.75, 3.05) is 5.32 Å². The van der Waals surface area contributed by atoms with E-state index in [1.165, 1.54) is 5.56 Å². The molecule has 0 aliphatic rings. The highest BCUT2D eigenvalue weighted by Gasteiger charge is 1.96. The Morgan fingerprint density at radius 2 is 1.93 bits per heavy atom. The Morgan fingerprint density at radius 3 is 2.50 bits per heavy atom. The van der Waals surface area contributed by atoms with Crippen molar-refractivity contribution in [3.05, 3.63) is 41.6 Å². The number of hydrogen-bond donors (Lipinski definition) is 1. The SMILES string of the molecule is CC(=O)C=C(C)Nc1ccccc1C. The molecule has 0 aliphatic heterocycles. The molecule has 0 saturated carbocycles. The van der Waals surface area contributed by atoms with Gasteiger partial charge >= 0.3 is 0 Å². The summed E-state index contributed by atoms with van der Waals surface area (Å²) in [5, 5.41) is 3.18. The van der Waals surface area contributed by atoms with Crippen molar-refractivity contribution < 1.29 is 4.79 Å². The number of ketones is 1. The zero-order valence-corrected chi connectivity index (χ0v) is 8.79. The molecule has 0 heterocycles. The summed E-state index contributed by atoms with van der Waals surface area (Å²) < 4.78 is 0. The van der Waals surface area contributed by atoms with Gasteiger partial charge in [0.1, 0.15) is 0 Å². The first-order valence-corrected chi connectivity index (χ1v) is 4.61. The predicted octanol–water partition coefficient (Wildman–Crippen LogP) is 2.90. The number of hydrogen-bond acceptors (Lipinski definition) is 2. The largest absolute Gasteiger partial charge is 0.359 e. The van der Waals surface area contributed by atoms with Crippen molar-refractivity contribution in [1.29, 1.82) is 0 Å². The number of allylic oxidation sites excluding steroid dienone is 2. The van der Waals surface area contributed by atoms with Gasteiger partial charge in [-0.15, -0.1) is 0 Å². The average molecular weight is 189 g/mol. The summed E-state index contributed by atoms with van der Waals surface area (Å²) in [6, 6.07) is 7.98. The fraction of sp³-hybridized carbons (Fsp3) is 0.250. The van der Waals surface area contributed by atoms with E-state index in [-0.39, 0.29) is 5.78 Å². The van der Waals surface area contributed by atoms with Gasteiger partial charge in [0.05, 0.1) is 0 Å². The molecule has 14 heavy (non-hydrogen) atoms. The van der Waals surface area contributed by atoms with Gasteiger partial charge in [-0.05, 0) is 38.5 Å². The summed E-state index contributed by atoms with van der Waals surface area (Å²) in [5.74, 6) is 0.0589. The third-order valence-corrected chi connectivity index (χ3v) is 1.90. The highest BCUT2D eigenvalue weighted by Crippen LogP contribution is 2.15. The van der Waals surface area contributed by atoms with E-state index in [1.807, 2.05) is 38.1 Å². The molecular weight excluding hydrogens is 174 g/mol. The molecule has 1 aromatic rings. The van der Waals surface area contributed by atoms with E-state index in [0.717, 1.165) is 11.4 Å². The van der Waals surface area contributed by atoms with Gasteiger partial charge in [-0.3, -0.25) is 4.79 Å². The summed E-state index contributed by atoms with van der Waals surface area (Å²) in [6.07, 6.45) is 1.59. The van der Waals surface area contributed by atoms with Crippen LogP contribution in [0.1, 0.15) is 19.4 Å². The second kappa shape index (κ2) is 4.61. The van der Waals surface area contributed by atoms with Crippen LogP contribution in [0, 0.1) is 6.92 Å². The maximum absolute atomic E-state index is 10.8. The maximum atomic E-state index is 10.8. The number of benzene rings is 1. The van der Waals surface area contributed by atoms with Crippen LogP contribution in [0.5, 0.6) is 0 Å². The van der Waals surface area contributed by atoms with Crippen molar-refractivity contribution in [2.24, 2.45) is 0 Å². The molecule has 0 saturated heterocycles. The van der Waals surface area contributed by atoms with Gasteiger partial charge in [0.25, 0.3) is 0 Å². The van der Waals surface area contributed by atoms with Crippen LogP contribution in [0.3, 0.4) is 0 Å². The molecule has 0 aromatic heterocycles. The molecule has 0 spiro atoms. The molecule has 0 unspecified atom stereocenters. The Morgan fingerprint density at radius 1 is 1.29 bits per heavy atom. The van der Waals surface area contributed by atoms with Crippen LogP contribution in [-0.2, 0) is 4.79 Å². The van der Waals surface area contributed by atoms with E-state index in [2.05, 4.69) is 5.32 Å². The molecular formula is C12H15NO. The standard InChI is InChI=1S/C12H15NO/c1-9-6-4-5-7-12(9)13-10(2)8-11(3)14/h4-8,13H,1-3H3. The molecule has 0 amide bonds. The smallest absolute Gasteiger partial charge is 0.154 e. The zero-order chi connectivity index (χ0) is 10.6. The predicted molar refractivity (Wildman–Crippen MR) is 59.2 cm³/mol. The summed E-state index contributed by atoms with van der Waals surface area (Å²) in [4.78, 5) is 10.8. The van der Waals surface area contributed by atoms with Crippen molar-refractivity contribution in [1.82, 2.24) is 0 Å². The molecule has 0 atom stereocenters. The molecule has 1 N–H and O–H groups in total. The molecule has 1 rings (SSSR count). The Balaban J connectivity index is 2.79. The highest BCUT2D eigenvalue weighted by molar-refractivity contribution is 5.88. The molecule has 2 nitrogen and oxygen atoms in total. The second-order valence-corrected chi connectivity index (χ2v) is 3.38. The first kappa shape index (κ1) is 10.5. The van der Waals surface area contributed by atoms with Crippen LogP contribution in [0.4, 0.5) is 5.69 Å². The Hall–Kier alpha value is -1.57. The monoisotopic (exact) mass is 189 g/mol. The van der Waals surface area contributed by atoms with Gasteiger partial charge in [0.2, 0.25) is 0 Å². The lowest BCUT2D eigenvalue weighted by atomic mass is 10.2. The second-order valence-electron chi connectivity index (χ2n) is 3.38. The summed E-state index contributed by atoms with van der Waals surface area (Å²) in [5.41, 5.74) is 3.08. The van der Waals surface area contributed by atoms with Crippen LogP contribution in [0.25, 0.3) is 0 Å². The molecule has 0 aliphatic carbocycles. The molecule has 1 aromatic carbocycles. The quantitative estimate of drug-likeness (QED) is 0.741. The van der Waals surface area contributed by atoms with Crippen LogP contribution >= 0.6 is 0 Å². The van der Waals surface area contributed by atoms with Crippen LogP contribution < -0.4 is 5.32 Å². The topological polar surface area (TPSA) is 29.1 Å². The van der Waals surface area contributed by atoms with Crippen molar-refractivity contribution in [3.63, 3.8) is 0 Å². The van der Waals surface area contributed by atoms with Crippen molar-refractivity contribution >= 4 is 11.5 Å². The van der Waals surface area contributed by atoms with E-state index in [1.54, 1.807) is 13.0 Å². The molecule has 74 valence electrons. The van der Waals surface area contributed by atoms with Gasteiger partial charge in [-0.25, -0.2) is 0 Å². The first-order chi connectivity index (χ1) is 6.59. The maximum Gasteiger partial charge on any atom is 0.154 e. The minimum Gasteiger partial charge on any atom is -0.359 e. The lowest BCUT2D eigenvalue weighted by molar-refractivity contribution is -0.112. The Labute approximate surface area is 84.6 Å². The molecule has 0 bridgehead atoms. The number of para-hydroxylation sites is 1. The van der Waals surface area contributed by atoms with E-state index >= 15 is 0 Å². The average Bonchev–Trinajstić information content (AvgIpc) is 2.07. The minimum atomic E-state index is 0.0589. The minimum absolute atomic E-state index is 0.0589. The van der Waals surface area contributed by atoms with Crippen molar-refractivity contribution in [2.45, 2.75) is 20.8 Å². The van der Waals surface area contributed by atoms with Gasteiger partial charge in [0, 0.05) is 11.4 Å². The lowest BCUT2D eigenvalue weighted by Gasteiger charge is -2.08. The summed E-state index contributed by atoms with van der Waals surface area (Å²) >= 11 is 0. The van der Waals surface area contributed by atoms with Crippen LogP contribution in [-0.4, -0.2) is 5.78 Å². The van der Waals surface area contributed by atoms with Crippen LogP contribution in [0.2, 0.25) is 0 Å². The number of carbonyl (C=O) groups is 1. The number of nitrogens with one attached hydrogen (secondary N) is 1. The summed E-state index contributed by atoms with van der Waals surface area (Å²) in [7, 11) is 0. The highest BCUT2D eigenvalue weighted by atomic mass is 16.1. The number of aryl methyl sites for hydroxylation is 1. The van der Waals surface area contributed by atoms with Gasteiger partial charge < -0.3 is 5.32 Å². The fourth-order valence-electron chi connectivity index (χ4n) is 1.27. The zero-order valence-electron chi connectivity index (χ0n) is 8.79. The lowest BCUT2D eigenvalue weighted by Crippen LogP contribution is -1.99. The Kier molecular flexibility index (Phi) is 3.46. The van der Waals surface area contributed by atoms with Crippen LogP contribution in [0.15, 0.2) is 36.0 Å². The fourth-order valence-corrected chi connectivity index (χ4v) is 1.27. The summed E-state index contributed by atoms with van der Waals surface area (Å²) in [6.45, 7) is 5.46. The van der Waals surface area contributed by atoms with Gasteiger partial charge in [-0.2, -0.15) is 0 Å². The van der Waals surface area contributed by atoms with E-state index in [4.69, 9.17) is 0 Å². The molecule has 0 radical (unpaired) electrons. The first-order valence-electron chi connectivity index (χ1n) is 4.61. The number of anilines is 1. The molecule has 0 fully saturated rings. The third kappa shape index (κ3) is 3.05. The number of rotatable bonds is 3. The van der Waals surface area contributed by atoms with E-state index < -0.39 is 0 Å². The third-order valence-electron chi connectivity index (χ3n) is 1.90. The number of carbonyl (C=O) groups excluding carboxylic acids is 1. The Bertz CT molecular complexity index is 366. The van der Waals surface area contributed by atoms with E-state index in [9.17, 15) is 4.79 Å². The van der Waals surface area contributed by atoms with Gasteiger partial charge in [-0.1, -0.05) is 18.2 Å². The van der Waals surface area contributed by atoms with E-state index in [0.29, 0.717) is 0 Å². The molecule has 2 heteroatoms.